The van der Waals surface area contributed by atoms with Crippen LogP contribution in [-0.2, 0) is 20.7 Å². The first-order chi connectivity index (χ1) is 10.3. The molecule has 2 aliphatic heterocycles. The first-order valence-electron chi connectivity index (χ1n) is 7.67. The van der Waals surface area contributed by atoms with E-state index in [9.17, 15) is 4.79 Å². The van der Waals surface area contributed by atoms with Gasteiger partial charge in [-0.1, -0.05) is 0 Å². The van der Waals surface area contributed by atoms with Gasteiger partial charge in [0.25, 0.3) is 0 Å². The Kier molecular flexibility index (Phi) is 4.83. The minimum atomic E-state index is 0.0981. The highest BCUT2D eigenvalue weighted by atomic mass is 16.5. The van der Waals surface area contributed by atoms with Crippen LogP contribution in [-0.4, -0.2) is 43.4 Å². The number of hydrogen-bond acceptors (Lipinski definition) is 4. The second-order valence-corrected chi connectivity index (χ2v) is 5.86. The lowest BCUT2D eigenvalue weighted by molar-refractivity contribution is -0.128. The first kappa shape index (κ1) is 14.5. The maximum atomic E-state index is 12.3. The number of aromatic nitrogens is 1. The molecule has 1 amide bonds. The Balaban J connectivity index is 1.55. The molecule has 0 aromatic carbocycles. The van der Waals surface area contributed by atoms with E-state index < -0.39 is 0 Å². The Hall–Kier alpha value is -1.46. The fourth-order valence-electron chi connectivity index (χ4n) is 3.04. The molecule has 3 heterocycles. The highest BCUT2D eigenvalue weighted by Crippen LogP contribution is 2.21. The quantitative estimate of drug-likeness (QED) is 0.904. The van der Waals surface area contributed by atoms with Gasteiger partial charge >= 0.3 is 0 Å². The molecule has 5 heteroatoms. The van der Waals surface area contributed by atoms with Gasteiger partial charge in [-0.25, -0.2) is 0 Å². The largest absolute Gasteiger partial charge is 0.381 e. The van der Waals surface area contributed by atoms with Crippen LogP contribution in [0.4, 0.5) is 0 Å². The molecule has 2 fully saturated rings. The van der Waals surface area contributed by atoms with Crippen LogP contribution < -0.4 is 5.32 Å². The van der Waals surface area contributed by atoms with Crippen molar-refractivity contribution in [3.8, 4) is 0 Å². The van der Waals surface area contributed by atoms with Crippen LogP contribution in [0.2, 0.25) is 0 Å². The van der Waals surface area contributed by atoms with E-state index in [2.05, 4.69) is 10.3 Å². The lowest BCUT2D eigenvalue weighted by Gasteiger charge is -2.25. The van der Waals surface area contributed by atoms with E-state index in [0.29, 0.717) is 32.3 Å². The van der Waals surface area contributed by atoms with Gasteiger partial charge in [0.05, 0.1) is 19.3 Å². The minimum Gasteiger partial charge on any atom is -0.381 e. The maximum absolute atomic E-state index is 12.3. The molecule has 1 aromatic rings. The molecule has 5 nitrogen and oxygen atoms in total. The van der Waals surface area contributed by atoms with Crippen LogP contribution in [0.15, 0.2) is 24.5 Å². The van der Waals surface area contributed by atoms with Crippen molar-refractivity contribution in [2.45, 2.75) is 25.3 Å². The van der Waals surface area contributed by atoms with Crippen molar-refractivity contribution in [1.82, 2.24) is 10.3 Å². The zero-order valence-corrected chi connectivity index (χ0v) is 12.2. The Bertz CT molecular complexity index is 460. The number of pyridine rings is 1. The van der Waals surface area contributed by atoms with Gasteiger partial charge in [-0.3, -0.25) is 9.78 Å². The third-order valence-electron chi connectivity index (χ3n) is 4.37. The van der Waals surface area contributed by atoms with E-state index in [1.54, 1.807) is 12.4 Å². The summed E-state index contributed by atoms with van der Waals surface area (Å²) < 4.78 is 10.9. The average molecular weight is 290 g/mol. The van der Waals surface area contributed by atoms with E-state index in [4.69, 9.17) is 9.47 Å². The summed E-state index contributed by atoms with van der Waals surface area (Å²) in [7, 11) is 0. The van der Waals surface area contributed by atoms with Gasteiger partial charge in [-0.2, -0.15) is 0 Å². The van der Waals surface area contributed by atoms with Crippen molar-refractivity contribution in [3.63, 3.8) is 0 Å². The maximum Gasteiger partial charge on any atom is 0.223 e. The summed E-state index contributed by atoms with van der Waals surface area (Å²) in [6.07, 6.45) is 6.19. The van der Waals surface area contributed by atoms with Gasteiger partial charge in [-0.05, 0) is 37.0 Å². The molecule has 114 valence electrons. The van der Waals surface area contributed by atoms with Crippen LogP contribution in [0.1, 0.15) is 18.4 Å². The minimum absolute atomic E-state index is 0.0981. The van der Waals surface area contributed by atoms with E-state index >= 15 is 0 Å². The van der Waals surface area contributed by atoms with Crippen LogP contribution in [0.3, 0.4) is 0 Å². The predicted octanol–water partition coefficient (Wildman–Crippen LogP) is 1.18. The van der Waals surface area contributed by atoms with Crippen molar-refractivity contribution in [1.29, 1.82) is 0 Å². The first-order valence-corrected chi connectivity index (χ1v) is 7.67. The summed E-state index contributed by atoms with van der Waals surface area (Å²) in [6.45, 7) is 2.71. The second-order valence-electron chi connectivity index (χ2n) is 5.86. The van der Waals surface area contributed by atoms with Crippen LogP contribution >= 0.6 is 0 Å². The zero-order chi connectivity index (χ0) is 14.5. The molecule has 2 atom stereocenters. The van der Waals surface area contributed by atoms with Gasteiger partial charge in [-0.15, -0.1) is 0 Å². The smallest absolute Gasteiger partial charge is 0.223 e. The average Bonchev–Trinajstić information content (AvgIpc) is 2.96. The fraction of sp³-hybridized carbons (Fsp3) is 0.625. The molecular weight excluding hydrogens is 268 g/mol. The van der Waals surface area contributed by atoms with Gasteiger partial charge in [0.2, 0.25) is 5.91 Å². The SMILES string of the molecule is O=C(N[C@H]1COC[C@H]1Cc1ccncc1)C1CCOCC1. The molecule has 0 radical (unpaired) electrons. The van der Waals surface area contributed by atoms with Gasteiger partial charge in [0.15, 0.2) is 0 Å². The van der Waals surface area contributed by atoms with E-state index in [1.807, 2.05) is 12.1 Å². The third kappa shape index (κ3) is 3.80. The molecule has 1 aromatic heterocycles. The van der Waals surface area contributed by atoms with Crippen molar-refractivity contribution in [3.05, 3.63) is 30.1 Å². The fourth-order valence-corrected chi connectivity index (χ4v) is 3.04. The van der Waals surface area contributed by atoms with E-state index in [1.165, 1.54) is 5.56 Å². The highest BCUT2D eigenvalue weighted by molar-refractivity contribution is 5.79. The Morgan fingerprint density at radius 1 is 1.19 bits per heavy atom. The molecule has 0 unspecified atom stereocenters. The number of hydrogen-bond donors (Lipinski definition) is 1. The van der Waals surface area contributed by atoms with Gasteiger partial charge in [0, 0.05) is 37.4 Å². The number of ether oxygens (including phenoxy) is 2. The number of nitrogens with one attached hydrogen (secondary N) is 1. The third-order valence-corrected chi connectivity index (χ3v) is 4.37. The molecule has 0 bridgehead atoms. The predicted molar refractivity (Wildman–Crippen MR) is 77.7 cm³/mol. The second kappa shape index (κ2) is 7.00. The van der Waals surface area contributed by atoms with Crippen molar-refractivity contribution >= 4 is 5.91 Å². The molecular formula is C16H22N2O3. The number of carbonyl (C=O) groups excluding carboxylic acids is 1. The molecule has 0 saturated carbocycles. The molecule has 0 spiro atoms. The highest BCUT2D eigenvalue weighted by Gasteiger charge is 2.32. The van der Waals surface area contributed by atoms with E-state index in [-0.39, 0.29) is 17.9 Å². The van der Waals surface area contributed by atoms with Crippen molar-refractivity contribution in [2.75, 3.05) is 26.4 Å². The standard InChI is InChI=1S/C16H22N2O3/c19-16(13-3-7-20-8-4-13)18-15-11-21-10-14(15)9-12-1-5-17-6-2-12/h1-2,5-6,13-15H,3-4,7-11H2,(H,18,19)/t14-,15+/m1/s1. The van der Waals surface area contributed by atoms with Gasteiger partial charge < -0.3 is 14.8 Å². The molecule has 0 aliphatic carbocycles. The summed E-state index contributed by atoms with van der Waals surface area (Å²) in [6, 6.07) is 4.17. The van der Waals surface area contributed by atoms with Gasteiger partial charge in [0.1, 0.15) is 0 Å². The summed E-state index contributed by atoms with van der Waals surface area (Å²) in [5.74, 6) is 0.602. The number of nitrogens with zero attached hydrogens (tertiary/aromatic N) is 1. The number of amides is 1. The Labute approximate surface area is 125 Å². The lowest BCUT2D eigenvalue weighted by Crippen LogP contribution is -2.44. The summed E-state index contributed by atoms with van der Waals surface area (Å²) in [5.41, 5.74) is 1.24. The van der Waals surface area contributed by atoms with Crippen molar-refractivity contribution < 1.29 is 14.3 Å². The van der Waals surface area contributed by atoms with E-state index in [0.717, 1.165) is 19.3 Å². The zero-order valence-electron chi connectivity index (χ0n) is 12.2. The topological polar surface area (TPSA) is 60.5 Å². The molecule has 1 N–H and O–H groups in total. The normalized spacial score (nSPS) is 26.7. The summed E-state index contributed by atoms with van der Waals surface area (Å²) in [5, 5.41) is 3.18. The molecule has 21 heavy (non-hydrogen) atoms. The lowest BCUT2D eigenvalue weighted by atomic mass is 9.93. The molecule has 2 aliphatic rings. The Morgan fingerprint density at radius 2 is 1.95 bits per heavy atom. The van der Waals surface area contributed by atoms with Crippen LogP contribution in [0.25, 0.3) is 0 Å². The Morgan fingerprint density at radius 3 is 2.71 bits per heavy atom. The summed E-state index contributed by atoms with van der Waals surface area (Å²) >= 11 is 0. The van der Waals surface area contributed by atoms with Crippen LogP contribution in [0.5, 0.6) is 0 Å². The van der Waals surface area contributed by atoms with Crippen molar-refractivity contribution in [2.24, 2.45) is 11.8 Å². The van der Waals surface area contributed by atoms with Crippen LogP contribution in [0, 0.1) is 11.8 Å². The monoisotopic (exact) mass is 290 g/mol. The molecule has 2 saturated heterocycles. The summed E-state index contributed by atoms with van der Waals surface area (Å²) in [4.78, 5) is 16.4. The number of carbonyl (C=O) groups is 1. The molecule has 3 rings (SSSR count). The number of rotatable bonds is 4.